The summed E-state index contributed by atoms with van der Waals surface area (Å²) in [5, 5.41) is 5.63. The predicted octanol–water partition coefficient (Wildman–Crippen LogP) is 3.04. The first-order valence-corrected chi connectivity index (χ1v) is 8.67. The summed E-state index contributed by atoms with van der Waals surface area (Å²) < 4.78 is 0. The fourth-order valence-corrected chi connectivity index (χ4v) is 3.05. The number of benzene rings is 2. The van der Waals surface area contributed by atoms with Crippen LogP contribution < -0.4 is 10.6 Å². The first-order chi connectivity index (χ1) is 12.2. The maximum Gasteiger partial charge on any atom is 0.319 e. The van der Waals surface area contributed by atoms with Gasteiger partial charge in [0.15, 0.2) is 0 Å². The van der Waals surface area contributed by atoms with E-state index in [2.05, 4.69) is 10.6 Å². The molecule has 130 valence electrons. The van der Waals surface area contributed by atoms with E-state index < -0.39 is 6.04 Å². The Morgan fingerprint density at radius 1 is 0.920 bits per heavy atom. The van der Waals surface area contributed by atoms with Gasteiger partial charge >= 0.3 is 6.03 Å². The number of hydrogen-bond donors (Lipinski definition) is 2. The van der Waals surface area contributed by atoms with Crippen molar-refractivity contribution >= 4 is 17.6 Å². The lowest BCUT2D eigenvalue weighted by Gasteiger charge is -2.24. The van der Waals surface area contributed by atoms with Gasteiger partial charge in [-0.05, 0) is 30.5 Å². The van der Waals surface area contributed by atoms with Crippen LogP contribution in [-0.4, -0.2) is 36.0 Å². The predicted molar refractivity (Wildman–Crippen MR) is 98.3 cm³/mol. The largest absolute Gasteiger partial charge is 0.341 e. The molecule has 0 spiro atoms. The van der Waals surface area contributed by atoms with Gasteiger partial charge in [-0.3, -0.25) is 4.79 Å². The maximum atomic E-state index is 12.8. The molecule has 1 saturated heterocycles. The Bertz CT molecular complexity index is 697. The second-order valence-electron chi connectivity index (χ2n) is 6.24. The Hall–Kier alpha value is -2.82. The number of nitrogens with zero attached hydrogens (tertiary/aromatic N) is 1. The Morgan fingerprint density at radius 2 is 1.52 bits per heavy atom. The summed E-state index contributed by atoms with van der Waals surface area (Å²) in [6.45, 7) is 1.54. The lowest BCUT2D eigenvalue weighted by molar-refractivity contribution is -0.132. The molecule has 0 unspecified atom stereocenters. The Morgan fingerprint density at radius 3 is 2.16 bits per heavy atom. The summed E-state index contributed by atoms with van der Waals surface area (Å²) in [7, 11) is 0. The van der Waals surface area contributed by atoms with Crippen molar-refractivity contribution in [1.29, 1.82) is 0 Å². The standard InChI is InChI=1S/C20H23N3O2/c24-19(23-13-7-8-14-23)18(15-16-9-3-1-4-10-16)22-20(25)21-17-11-5-2-6-12-17/h1-6,9-12,18H,7-8,13-15H2,(H2,21,22,25)/t18-/m1/s1. The topological polar surface area (TPSA) is 61.4 Å². The number of carbonyl (C=O) groups excluding carboxylic acids is 2. The number of amides is 3. The van der Waals surface area contributed by atoms with Crippen LogP contribution in [-0.2, 0) is 11.2 Å². The van der Waals surface area contributed by atoms with Crippen LogP contribution in [0.4, 0.5) is 10.5 Å². The van der Waals surface area contributed by atoms with Crippen LogP contribution in [0.3, 0.4) is 0 Å². The number of carbonyl (C=O) groups is 2. The van der Waals surface area contributed by atoms with Gasteiger partial charge in [0.25, 0.3) is 0 Å². The van der Waals surface area contributed by atoms with Gasteiger partial charge in [0.1, 0.15) is 6.04 Å². The Kier molecular flexibility index (Phi) is 5.67. The molecular weight excluding hydrogens is 314 g/mol. The van der Waals surface area contributed by atoms with Crippen LogP contribution in [0.2, 0.25) is 0 Å². The molecule has 1 aliphatic rings. The highest BCUT2D eigenvalue weighted by atomic mass is 16.2. The SMILES string of the molecule is O=C(Nc1ccccc1)N[C@H](Cc1ccccc1)C(=O)N1CCCC1. The van der Waals surface area contributed by atoms with Crippen molar-refractivity contribution in [2.45, 2.75) is 25.3 Å². The lowest BCUT2D eigenvalue weighted by Crippen LogP contribution is -2.50. The maximum absolute atomic E-state index is 12.8. The minimum Gasteiger partial charge on any atom is -0.341 e. The molecule has 2 aromatic rings. The van der Waals surface area contributed by atoms with Gasteiger partial charge in [0.05, 0.1) is 0 Å². The van der Waals surface area contributed by atoms with Crippen molar-refractivity contribution in [2.75, 3.05) is 18.4 Å². The third kappa shape index (κ3) is 4.83. The molecule has 5 heteroatoms. The van der Waals surface area contributed by atoms with E-state index in [-0.39, 0.29) is 11.9 Å². The number of nitrogens with one attached hydrogen (secondary N) is 2. The average molecular weight is 337 g/mol. The molecule has 0 aromatic heterocycles. The first kappa shape index (κ1) is 17.0. The van der Waals surface area contributed by atoms with Gasteiger partial charge in [-0.25, -0.2) is 4.79 Å². The van der Waals surface area contributed by atoms with Crippen LogP contribution in [0, 0.1) is 0 Å². The summed E-state index contributed by atoms with van der Waals surface area (Å²) in [5.41, 5.74) is 1.73. The summed E-state index contributed by atoms with van der Waals surface area (Å²) in [6.07, 6.45) is 2.54. The van der Waals surface area contributed by atoms with Crippen LogP contribution in [0.1, 0.15) is 18.4 Å². The van der Waals surface area contributed by atoms with E-state index in [0.29, 0.717) is 12.1 Å². The number of para-hydroxylation sites is 1. The van der Waals surface area contributed by atoms with Gasteiger partial charge in [0, 0.05) is 25.2 Å². The molecule has 1 atom stereocenters. The zero-order valence-electron chi connectivity index (χ0n) is 14.2. The van der Waals surface area contributed by atoms with Crippen LogP contribution in [0.25, 0.3) is 0 Å². The molecular formula is C20H23N3O2. The van der Waals surface area contributed by atoms with E-state index in [4.69, 9.17) is 0 Å². The first-order valence-electron chi connectivity index (χ1n) is 8.67. The lowest BCUT2D eigenvalue weighted by atomic mass is 10.0. The third-order valence-corrected chi connectivity index (χ3v) is 4.34. The highest BCUT2D eigenvalue weighted by Crippen LogP contribution is 2.13. The zero-order valence-corrected chi connectivity index (χ0v) is 14.2. The van der Waals surface area contributed by atoms with Crippen molar-refractivity contribution in [1.82, 2.24) is 10.2 Å². The Balaban J connectivity index is 1.68. The molecule has 2 N–H and O–H groups in total. The average Bonchev–Trinajstić information content (AvgIpc) is 3.17. The smallest absolute Gasteiger partial charge is 0.319 e. The number of hydrogen-bond acceptors (Lipinski definition) is 2. The van der Waals surface area contributed by atoms with E-state index in [9.17, 15) is 9.59 Å². The van der Waals surface area contributed by atoms with Crippen LogP contribution >= 0.6 is 0 Å². The zero-order chi connectivity index (χ0) is 17.5. The molecule has 3 rings (SSSR count). The monoisotopic (exact) mass is 337 g/mol. The van der Waals surface area contributed by atoms with E-state index in [1.165, 1.54) is 0 Å². The van der Waals surface area contributed by atoms with Crippen molar-refractivity contribution in [3.63, 3.8) is 0 Å². The van der Waals surface area contributed by atoms with E-state index >= 15 is 0 Å². The van der Waals surface area contributed by atoms with Gasteiger partial charge in [0.2, 0.25) is 5.91 Å². The summed E-state index contributed by atoms with van der Waals surface area (Å²) in [5.74, 6) is -0.00966. The van der Waals surface area contributed by atoms with E-state index in [0.717, 1.165) is 31.5 Å². The fraction of sp³-hybridized carbons (Fsp3) is 0.300. The molecule has 1 aliphatic heterocycles. The minimum atomic E-state index is -0.566. The van der Waals surface area contributed by atoms with Crippen molar-refractivity contribution in [2.24, 2.45) is 0 Å². The van der Waals surface area contributed by atoms with Crippen molar-refractivity contribution in [3.05, 3.63) is 66.2 Å². The minimum absolute atomic E-state index is 0.00966. The molecule has 1 fully saturated rings. The fourth-order valence-electron chi connectivity index (χ4n) is 3.05. The molecule has 25 heavy (non-hydrogen) atoms. The molecule has 0 saturated carbocycles. The molecule has 0 bridgehead atoms. The molecule has 5 nitrogen and oxygen atoms in total. The van der Waals surface area contributed by atoms with Gasteiger partial charge in [-0.15, -0.1) is 0 Å². The number of anilines is 1. The number of urea groups is 1. The summed E-state index contributed by atoms with van der Waals surface area (Å²) in [6, 6.07) is 18.1. The number of rotatable bonds is 5. The van der Waals surface area contributed by atoms with Gasteiger partial charge in [-0.2, -0.15) is 0 Å². The summed E-state index contributed by atoms with van der Waals surface area (Å²) >= 11 is 0. The normalized spacial score (nSPS) is 14.8. The molecule has 0 aliphatic carbocycles. The third-order valence-electron chi connectivity index (χ3n) is 4.34. The molecule has 1 heterocycles. The highest BCUT2D eigenvalue weighted by Gasteiger charge is 2.28. The second-order valence-corrected chi connectivity index (χ2v) is 6.24. The quantitative estimate of drug-likeness (QED) is 0.881. The second kappa shape index (κ2) is 8.33. The number of likely N-dealkylation sites (tertiary alicyclic amines) is 1. The van der Waals surface area contributed by atoms with Gasteiger partial charge < -0.3 is 15.5 Å². The highest BCUT2D eigenvalue weighted by molar-refractivity contribution is 5.93. The van der Waals surface area contributed by atoms with Crippen LogP contribution in [0.5, 0.6) is 0 Å². The summed E-state index contributed by atoms with van der Waals surface area (Å²) in [4.78, 5) is 27.0. The Labute approximate surface area is 148 Å². The van der Waals surface area contributed by atoms with Crippen molar-refractivity contribution < 1.29 is 9.59 Å². The molecule has 2 aromatic carbocycles. The van der Waals surface area contributed by atoms with E-state index in [1.807, 2.05) is 65.6 Å². The van der Waals surface area contributed by atoms with Gasteiger partial charge in [-0.1, -0.05) is 48.5 Å². The molecule has 0 radical (unpaired) electrons. The van der Waals surface area contributed by atoms with Crippen LogP contribution in [0.15, 0.2) is 60.7 Å². The van der Waals surface area contributed by atoms with Crippen molar-refractivity contribution in [3.8, 4) is 0 Å². The molecule has 3 amide bonds. The van der Waals surface area contributed by atoms with E-state index in [1.54, 1.807) is 0 Å².